The number of rotatable bonds is 8. The number of sulfone groups is 1. The molecular weight excluding hydrogens is 322 g/mol. The third-order valence-electron chi connectivity index (χ3n) is 3.72. The number of aliphatic hydroxyl groups excluding tert-OH is 2. The van der Waals surface area contributed by atoms with E-state index in [-0.39, 0.29) is 49.4 Å². The Bertz CT molecular complexity index is 576. The fraction of sp³-hybridized carbons (Fsp3) is 0.714. The molecule has 0 saturated carbocycles. The van der Waals surface area contributed by atoms with Crippen molar-refractivity contribution in [2.75, 3.05) is 44.4 Å². The number of carbonyl (C=O) groups is 1. The van der Waals surface area contributed by atoms with Gasteiger partial charge in [0.25, 0.3) is 5.91 Å². The Kier molecular flexibility index (Phi) is 7.48. The van der Waals surface area contributed by atoms with Crippen LogP contribution >= 0.6 is 0 Å². The van der Waals surface area contributed by atoms with Crippen molar-refractivity contribution in [3.8, 4) is 6.07 Å². The predicted molar refractivity (Wildman–Crippen MR) is 83.9 cm³/mol. The Morgan fingerprint density at radius 3 is 2.35 bits per heavy atom. The van der Waals surface area contributed by atoms with Crippen LogP contribution in [0, 0.1) is 11.3 Å². The van der Waals surface area contributed by atoms with Crippen LogP contribution in [-0.2, 0) is 14.6 Å². The monoisotopic (exact) mass is 345 g/mol. The van der Waals surface area contributed by atoms with Crippen LogP contribution in [0.15, 0.2) is 11.8 Å². The van der Waals surface area contributed by atoms with E-state index in [0.717, 1.165) is 0 Å². The van der Waals surface area contributed by atoms with Gasteiger partial charge in [0.05, 0.1) is 24.7 Å². The first-order valence-electron chi connectivity index (χ1n) is 7.47. The van der Waals surface area contributed by atoms with Gasteiger partial charge < -0.3 is 20.0 Å². The number of amides is 1. The van der Waals surface area contributed by atoms with Crippen LogP contribution in [0.5, 0.6) is 0 Å². The number of hydrogen-bond acceptors (Lipinski definition) is 7. The quantitative estimate of drug-likeness (QED) is 0.415. The molecule has 1 aliphatic rings. The van der Waals surface area contributed by atoms with E-state index < -0.39 is 15.7 Å². The van der Waals surface area contributed by atoms with E-state index in [1.54, 1.807) is 4.90 Å². The molecule has 130 valence electrons. The minimum absolute atomic E-state index is 0.0151. The molecular formula is C14H23N3O5S. The van der Waals surface area contributed by atoms with Gasteiger partial charge in [0.2, 0.25) is 0 Å². The highest BCUT2D eigenvalue weighted by Crippen LogP contribution is 2.19. The summed E-state index contributed by atoms with van der Waals surface area (Å²) in [5.41, 5.74) is -0.141. The second-order valence-electron chi connectivity index (χ2n) is 5.28. The molecule has 23 heavy (non-hydrogen) atoms. The van der Waals surface area contributed by atoms with Crippen molar-refractivity contribution in [2.24, 2.45) is 0 Å². The summed E-state index contributed by atoms with van der Waals surface area (Å²) in [6, 6.07) is 1.58. The van der Waals surface area contributed by atoms with Gasteiger partial charge in [-0.2, -0.15) is 5.26 Å². The van der Waals surface area contributed by atoms with Gasteiger partial charge in [0.15, 0.2) is 9.84 Å². The summed E-state index contributed by atoms with van der Waals surface area (Å²) in [5, 5.41) is 27.2. The third kappa shape index (κ3) is 5.49. The molecule has 0 aromatic rings. The van der Waals surface area contributed by atoms with E-state index in [0.29, 0.717) is 13.0 Å². The molecule has 0 aromatic heterocycles. The maximum atomic E-state index is 12.3. The molecule has 2 N–H and O–H groups in total. The maximum Gasteiger partial charge on any atom is 0.266 e. The Morgan fingerprint density at radius 2 is 1.96 bits per heavy atom. The fourth-order valence-corrected chi connectivity index (χ4v) is 4.26. The predicted octanol–water partition coefficient (Wildman–Crippen LogP) is -1.28. The Labute approximate surface area is 136 Å². The van der Waals surface area contributed by atoms with Crippen molar-refractivity contribution in [3.05, 3.63) is 11.8 Å². The topological polar surface area (TPSA) is 122 Å². The Balaban J connectivity index is 2.94. The average molecular weight is 345 g/mol. The molecule has 0 aliphatic carbocycles. The normalized spacial score (nSPS) is 20.1. The van der Waals surface area contributed by atoms with Crippen LogP contribution in [0.2, 0.25) is 0 Å². The van der Waals surface area contributed by atoms with Crippen molar-refractivity contribution in [3.63, 3.8) is 0 Å². The second-order valence-corrected chi connectivity index (χ2v) is 7.51. The minimum Gasteiger partial charge on any atom is -0.395 e. The molecule has 8 nitrogen and oxygen atoms in total. The second kappa shape index (κ2) is 8.86. The van der Waals surface area contributed by atoms with Crippen molar-refractivity contribution >= 4 is 15.7 Å². The number of aliphatic hydroxyl groups is 2. The molecule has 0 spiro atoms. The zero-order chi connectivity index (χ0) is 17.5. The van der Waals surface area contributed by atoms with E-state index in [4.69, 9.17) is 10.2 Å². The largest absolute Gasteiger partial charge is 0.395 e. The molecule has 0 aromatic carbocycles. The lowest BCUT2D eigenvalue weighted by molar-refractivity contribution is -0.127. The molecule has 1 fully saturated rings. The maximum absolute atomic E-state index is 12.3. The van der Waals surface area contributed by atoms with Crippen molar-refractivity contribution in [2.45, 2.75) is 19.4 Å². The molecule has 1 amide bonds. The highest BCUT2D eigenvalue weighted by molar-refractivity contribution is 7.91. The highest BCUT2D eigenvalue weighted by Gasteiger charge is 2.31. The average Bonchev–Trinajstić information content (AvgIpc) is 2.87. The van der Waals surface area contributed by atoms with E-state index in [1.807, 2.05) is 13.0 Å². The van der Waals surface area contributed by atoms with Gasteiger partial charge in [-0.15, -0.1) is 0 Å². The van der Waals surface area contributed by atoms with Gasteiger partial charge in [-0.25, -0.2) is 8.42 Å². The van der Waals surface area contributed by atoms with E-state index in [9.17, 15) is 18.5 Å². The van der Waals surface area contributed by atoms with Crippen molar-refractivity contribution < 1.29 is 23.4 Å². The first-order valence-corrected chi connectivity index (χ1v) is 9.29. The third-order valence-corrected chi connectivity index (χ3v) is 5.47. The summed E-state index contributed by atoms with van der Waals surface area (Å²) >= 11 is 0. The van der Waals surface area contributed by atoms with Crippen LogP contribution in [0.25, 0.3) is 0 Å². The molecule has 0 bridgehead atoms. The summed E-state index contributed by atoms with van der Waals surface area (Å²) in [5.74, 6) is -0.463. The van der Waals surface area contributed by atoms with Gasteiger partial charge in [0.1, 0.15) is 11.6 Å². The van der Waals surface area contributed by atoms with Crippen LogP contribution in [0.3, 0.4) is 0 Å². The molecule has 1 unspecified atom stereocenters. The zero-order valence-corrected chi connectivity index (χ0v) is 14.0. The number of carbonyl (C=O) groups excluding carboxylic acids is 1. The fourth-order valence-electron chi connectivity index (χ4n) is 2.52. The Morgan fingerprint density at radius 1 is 1.35 bits per heavy atom. The van der Waals surface area contributed by atoms with Crippen molar-refractivity contribution in [1.82, 2.24) is 9.80 Å². The summed E-state index contributed by atoms with van der Waals surface area (Å²) < 4.78 is 23.2. The molecule has 1 heterocycles. The van der Waals surface area contributed by atoms with Gasteiger partial charge in [0, 0.05) is 31.9 Å². The van der Waals surface area contributed by atoms with Gasteiger partial charge in [-0.05, 0) is 13.3 Å². The number of nitriles is 1. The molecule has 1 atom stereocenters. The summed E-state index contributed by atoms with van der Waals surface area (Å²) in [4.78, 5) is 15.2. The molecule has 9 heteroatoms. The number of hydrogen-bond donors (Lipinski definition) is 2. The standard InChI is InChI=1S/C14H23N3O5S/c1-2-16(13-3-8-23(21,22)11-13)10-12(9-15)14(20)17(4-6-18)5-7-19/h10,13,18-19H,2-8,11H2,1H3/b12-10-. The minimum atomic E-state index is -3.06. The molecule has 0 radical (unpaired) electrons. The van der Waals surface area contributed by atoms with Gasteiger partial charge >= 0.3 is 0 Å². The summed E-state index contributed by atoms with van der Waals surface area (Å²) in [6.45, 7) is 1.77. The first-order chi connectivity index (χ1) is 10.9. The van der Waals surface area contributed by atoms with Crippen LogP contribution in [0.4, 0.5) is 0 Å². The van der Waals surface area contributed by atoms with Crippen molar-refractivity contribution in [1.29, 1.82) is 5.26 Å². The molecule has 1 rings (SSSR count). The van der Waals surface area contributed by atoms with E-state index in [2.05, 4.69) is 0 Å². The Hall–Kier alpha value is -1.63. The van der Waals surface area contributed by atoms with Crippen LogP contribution in [0.1, 0.15) is 13.3 Å². The van der Waals surface area contributed by atoms with E-state index >= 15 is 0 Å². The smallest absolute Gasteiger partial charge is 0.266 e. The lowest BCUT2D eigenvalue weighted by atomic mass is 10.2. The SMILES string of the molecule is CCN(/C=C(/C#N)C(=O)N(CCO)CCO)C1CCS(=O)(=O)C1. The summed E-state index contributed by atoms with van der Waals surface area (Å²) in [6.07, 6.45) is 1.85. The number of nitrogens with zero attached hydrogens (tertiary/aromatic N) is 3. The lowest BCUT2D eigenvalue weighted by Gasteiger charge is -2.26. The zero-order valence-electron chi connectivity index (χ0n) is 13.2. The summed E-state index contributed by atoms with van der Waals surface area (Å²) in [7, 11) is -3.06. The highest BCUT2D eigenvalue weighted by atomic mass is 32.2. The van der Waals surface area contributed by atoms with Gasteiger partial charge in [-0.3, -0.25) is 4.79 Å². The van der Waals surface area contributed by atoms with E-state index in [1.165, 1.54) is 11.1 Å². The lowest BCUT2D eigenvalue weighted by Crippen LogP contribution is -2.38. The molecule has 1 aliphatic heterocycles. The molecule has 1 saturated heterocycles. The van der Waals surface area contributed by atoms with Gasteiger partial charge in [-0.1, -0.05) is 0 Å². The first kappa shape index (κ1) is 19.4. The van der Waals surface area contributed by atoms with Crippen LogP contribution in [-0.4, -0.2) is 84.7 Å². The van der Waals surface area contributed by atoms with Crippen LogP contribution < -0.4 is 0 Å².